The molecule has 1 fully saturated rings. The van der Waals surface area contributed by atoms with E-state index < -0.39 is 0 Å². The molecular formula is C15H20N2O. The van der Waals surface area contributed by atoms with E-state index in [2.05, 4.69) is 11.0 Å². The van der Waals surface area contributed by atoms with Gasteiger partial charge in [0.25, 0.3) is 0 Å². The van der Waals surface area contributed by atoms with Crippen molar-refractivity contribution in [2.75, 3.05) is 25.1 Å². The number of benzene rings is 1. The van der Waals surface area contributed by atoms with Crippen molar-refractivity contribution in [1.82, 2.24) is 0 Å². The SMILES string of the molecule is CN(CCCC1CCCO1)c1ccccc1C#N. The maximum atomic E-state index is 9.07. The lowest BCUT2D eigenvalue weighted by Gasteiger charge is -2.21. The van der Waals surface area contributed by atoms with Crippen LogP contribution in [0.4, 0.5) is 5.69 Å². The highest BCUT2D eigenvalue weighted by Crippen LogP contribution is 2.20. The molecule has 2 rings (SSSR count). The Morgan fingerprint density at radius 3 is 3.00 bits per heavy atom. The molecule has 1 aromatic rings. The molecule has 0 N–H and O–H groups in total. The zero-order valence-electron chi connectivity index (χ0n) is 10.9. The molecule has 18 heavy (non-hydrogen) atoms. The van der Waals surface area contributed by atoms with Crippen molar-refractivity contribution in [3.05, 3.63) is 29.8 Å². The molecule has 1 unspecified atom stereocenters. The van der Waals surface area contributed by atoms with E-state index in [0.29, 0.717) is 6.10 Å². The number of para-hydroxylation sites is 1. The van der Waals surface area contributed by atoms with Crippen LogP contribution >= 0.6 is 0 Å². The highest BCUT2D eigenvalue weighted by Gasteiger charge is 2.15. The molecule has 1 aliphatic rings. The van der Waals surface area contributed by atoms with Crippen molar-refractivity contribution in [2.24, 2.45) is 0 Å². The molecule has 0 aromatic heterocycles. The van der Waals surface area contributed by atoms with Crippen molar-refractivity contribution in [1.29, 1.82) is 5.26 Å². The third-order valence-corrected chi connectivity index (χ3v) is 3.48. The Morgan fingerprint density at radius 2 is 2.28 bits per heavy atom. The Bertz CT molecular complexity index is 419. The molecular weight excluding hydrogens is 224 g/mol. The zero-order valence-corrected chi connectivity index (χ0v) is 10.9. The molecule has 0 aliphatic carbocycles. The van der Waals surface area contributed by atoms with E-state index in [1.165, 1.54) is 12.8 Å². The summed E-state index contributed by atoms with van der Waals surface area (Å²) in [5.41, 5.74) is 1.77. The monoisotopic (exact) mass is 244 g/mol. The van der Waals surface area contributed by atoms with Gasteiger partial charge >= 0.3 is 0 Å². The summed E-state index contributed by atoms with van der Waals surface area (Å²) in [4.78, 5) is 2.16. The van der Waals surface area contributed by atoms with Gasteiger partial charge in [0, 0.05) is 20.2 Å². The number of hydrogen-bond acceptors (Lipinski definition) is 3. The molecule has 0 amide bonds. The number of nitriles is 1. The maximum absolute atomic E-state index is 9.07. The molecule has 0 saturated carbocycles. The minimum Gasteiger partial charge on any atom is -0.378 e. The number of nitrogens with zero attached hydrogens (tertiary/aromatic N) is 2. The van der Waals surface area contributed by atoms with Gasteiger partial charge in [0.05, 0.1) is 17.4 Å². The largest absolute Gasteiger partial charge is 0.378 e. The molecule has 96 valence electrons. The van der Waals surface area contributed by atoms with Gasteiger partial charge in [0.1, 0.15) is 6.07 Å². The fraction of sp³-hybridized carbons (Fsp3) is 0.533. The predicted molar refractivity (Wildman–Crippen MR) is 72.6 cm³/mol. The smallest absolute Gasteiger partial charge is 0.101 e. The van der Waals surface area contributed by atoms with Crippen molar-refractivity contribution < 1.29 is 4.74 Å². The van der Waals surface area contributed by atoms with E-state index in [1.807, 2.05) is 31.3 Å². The summed E-state index contributed by atoms with van der Waals surface area (Å²) in [5.74, 6) is 0. The topological polar surface area (TPSA) is 36.3 Å². The lowest BCUT2D eigenvalue weighted by Crippen LogP contribution is -2.20. The number of rotatable bonds is 5. The van der Waals surface area contributed by atoms with E-state index in [1.54, 1.807) is 0 Å². The Morgan fingerprint density at radius 1 is 1.44 bits per heavy atom. The molecule has 1 aliphatic heterocycles. The first-order valence-corrected chi connectivity index (χ1v) is 6.63. The van der Waals surface area contributed by atoms with Crippen LogP contribution in [0.15, 0.2) is 24.3 Å². The lowest BCUT2D eigenvalue weighted by molar-refractivity contribution is 0.103. The zero-order chi connectivity index (χ0) is 12.8. The van der Waals surface area contributed by atoms with Crippen LogP contribution in [0.2, 0.25) is 0 Å². The van der Waals surface area contributed by atoms with E-state index >= 15 is 0 Å². The van der Waals surface area contributed by atoms with Crippen LogP contribution in [-0.4, -0.2) is 26.3 Å². The average molecular weight is 244 g/mol. The Hall–Kier alpha value is -1.53. The van der Waals surface area contributed by atoms with Crippen LogP contribution in [0.25, 0.3) is 0 Å². The number of anilines is 1. The van der Waals surface area contributed by atoms with Gasteiger partial charge in [0.15, 0.2) is 0 Å². The summed E-state index contributed by atoms with van der Waals surface area (Å²) >= 11 is 0. The first-order valence-electron chi connectivity index (χ1n) is 6.63. The molecule has 0 bridgehead atoms. The van der Waals surface area contributed by atoms with Gasteiger partial charge in [-0.1, -0.05) is 12.1 Å². The van der Waals surface area contributed by atoms with Crippen molar-refractivity contribution in [3.8, 4) is 6.07 Å². The van der Waals surface area contributed by atoms with Gasteiger partial charge in [-0.05, 0) is 37.8 Å². The quantitative estimate of drug-likeness (QED) is 0.799. The summed E-state index contributed by atoms with van der Waals surface area (Å²) in [6, 6.07) is 10.00. The lowest BCUT2D eigenvalue weighted by atomic mass is 10.1. The summed E-state index contributed by atoms with van der Waals surface area (Å²) in [6.07, 6.45) is 5.11. The normalized spacial score (nSPS) is 18.6. The van der Waals surface area contributed by atoms with E-state index in [9.17, 15) is 0 Å². The number of ether oxygens (including phenoxy) is 1. The summed E-state index contributed by atoms with van der Waals surface area (Å²) in [6.45, 7) is 1.90. The molecule has 0 radical (unpaired) electrons. The van der Waals surface area contributed by atoms with E-state index in [0.717, 1.165) is 37.2 Å². The standard InChI is InChI=1S/C15H20N2O/c1-17(10-4-7-14-8-5-11-18-14)15-9-3-2-6-13(15)12-16/h2-3,6,9,14H,4-5,7-8,10-11H2,1H3. The maximum Gasteiger partial charge on any atom is 0.101 e. The van der Waals surface area contributed by atoms with Crippen molar-refractivity contribution in [2.45, 2.75) is 31.8 Å². The van der Waals surface area contributed by atoms with Gasteiger partial charge in [-0.25, -0.2) is 0 Å². The van der Waals surface area contributed by atoms with Crippen LogP contribution in [0.1, 0.15) is 31.2 Å². The second-order valence-electron chi connectivity index (χ2n) is 4.83. The van der Waals surface area contributed by atoms with Gasteiger partial charge < -0.3 is 9.64 Å². The first-order chi connectivity index (χ1) is 8.81. The molecule has 3 heteroatoms. The molecule has 0 spiro atoms. The van der Waals surface area contributed by atoms with Crippen LogP contribution in [0, 0.1) is 11.3 Å². The molecule has 1 heterocycles. The molecule has 1 atom stereocenters. The second-order valence-corrected chi connectivity index (χ2v) is 4.83. The summed E-state index contributed by atoms with van der Waals surface area (Å²) < 4.78 is 5.61. The first kappa shape index (κ1) is 12.9. The Kier molecular flexibility index (Phi) is 4.60. The third-order valence-electron chi connectivity index (χ3n) is 3.48. The number of hydrogen-bond donors (Lipinski definition) is 0. The minimum atomic E-state index is 0.463. The summed E-state index contributed by atoms with van der Waals surface area (Å²) in [5, 5.41) is 9.07. The highest BCUT2D eigenvalue weighted by molar-refractivity contribution is 5.58. The van der Waals surface area contributed by atoms with Gasteiger partial charge in [-0.2, -0.15) is 5.26 Å². The molecule has 1 saturated heterocycles. The van der Waals surface area contributed by atoms with Crippen LogP contribution in [-0.2, 0) is 4.74 Å². The average Bonchev–Trinajstić information content (AvgIpc) is 2.91. The highest BCUT2D eigenvalue weighted by atomic mass is 16.5. The van der Waals surface area contributed by atoms with Gasteiger partial charge in [-0.3, -0.25) is 0 Å². The van der Waals surface area contributed by atoms with Gasteiger partial charge in [0.2, 0.25) is 0 Å². The Labute approximate surface area is 109 Å². The molecule has 3 nitrogen and oxygen atoms in total. The molecule has 1 aromatic carbocycles. The van der Waals surface area contributed by atoms with Crippen LogP contribution in [0.5, 0.6) is 0 Å². The van der Waals surface area contributed by atoms with Crippen LogP contribution < -0.4 is 4.90 Å². The fourth-order valence-electron chi connectivity index (χ4n) is 2.45. The van der Waals surface area contributed by atoms with Crippen molar-refractivity contribution >= 4 is 5.69 Å². The minimum absolute atomic E-state index is 0.463. The van der Waals surface area contributed by atoms with E-state index in [-0.39, 0.29) is 0 Å². The van der Waals surface area contributed by atoms with Crippen molar-refractivity contribution in [3.63, 3.8) is 0 Å². The summed E-state index contributed by atoms with van der Waals surface area (Å²) in [7, 11) is 2.05. The third kappa shape index (κ3) is 3.24. The van der Waals surface area contributed by atoms with Gasteiger partial charge in [-0.15, -0.1) is 0 Å². The second kappa shape index (κ2) is 6.42. The van der Waals surface area contributed by atoms with E-state index in [4.69, 9.17) is 10.00 Å². The fourth-order valence-corrected chi connectivity index (χ4v) is 2.45. The predicted octanol–water partition coefficient (Wildman–Crippen LogP) is 2.95. The Balaban J connectivity index is 1.83. The van der Waals surface area contributed by atoms with Crippen LogP contribution in [0.3, 0.4) is 0 Å².